The van der Waals surface area contributed by atoms with Gasteiger partial charge in [0.1, 0.15) is 18.1 Å². The van der Waals surface area contributed by atoms with E-state index in [1.54, 1.807) is 19.4 Å². The largest absolute Gasteiger partial charge is 0.382 e. The van der Waals surface area contributed by atoms with Gasteiger partial charge in [-0.25, -0.2) is 14.6 Å². The van der Waals surface area contributed by atoms with Gasteiger partial charge in [0.2, 0.25) is 0 Å². The van der Waals surface area contributed by atoms with Gasteiger partial charge in [-0.2, -0.15) is 0 Å². The molecule has 0 saturated heterocycles. The number of hydrogen-bond donors (Lipinski definition) is 1. The second-order valence-electron chi connectivity index (χ2n) is 2.96. The zero-order valence-corrected chi connectivity index (χ0v) is 9.46. The van der Waals surface area contributed by atoms with E-state index in [1.807, 2.05) is 0 Å². The van der Waals surface area contributed by atoms with E-state index in [9.17, 15) is 5.11 Å². The maximum Gasteiger partial charge on any atom is 0.154 e. The molecule has 1 N–H and O–H groups in total. The molecular formula is C8H8BrN5O. The number of aromatic nitrogens is 5. The summed E-state index contributed by atoms with van der Waals surface area (Å²) in [6.45, 7) is 0. The zero-order chi connectivity index (χ0) is 10.8. The highest BCUT2D eigenvalue weighted by Crippen LogP contribution is 2.25. The number of halogens is 1. The lowest BCUT2D eigenvalue weighted by atomic mass is 10.1. The van der Waals surface area contributed by atoms with E-state index in [4.69, 9.17) is 0 Å². The molecule has 78 valence electrons. The Labute approximate surface area is 94.1 Å². The van der Waals surface area contributed by atoms with E-state index in [2.05, 4.69) is 36.2 Å². The molecule has 1 unspecified atom stereocenters. The molecule has 2 aromatic rings. The molecule has 2 rings (SSSR count). The normalized spacial score (nSPS) is 12.7. The molecule has 0 aliphatic carbocycles. The molecule has 0 radical (unpaired) electrons. The average molecular weight is 270 g/mol. The van der Waals surface area contributed by atoms with E-state index < -0.39 is 6.10 Å². The third kappa shape index (κ3) is 1.88. The Morgan fingerprint density at radius 2 is 2.07 bits per heavy atom. The number of aliphatic hydroxyl groups is 1. The molecule has 0 bridgehead atoms. The van der Waals surface area contributed by atoms with Crippen LogP contribution in [0, 0.1) is 0 Å². The number of rotatable bonds is 2. The van der Waals surface area contributed by atoms with Gasteiger partial charge in [-0.1, -0.05) is 5.21 Å². The quantitative estimate of drug-likeness (QED) is 0.857. The Bertz CT molecular complexity index is 438. The van der Waals surface area contributed by atoms with Crippen LogP contribution in [0.5, 0.6) is 0 Å². The first-order valence-electron chi connectivity index (χ1n) is 4.18. The van der Waals surface area contributed by atoms with Crippen LogP contribution >= 0.6 is 15.9 Å². The van der Waals surface area contributed by atoms with Crippen molar-refractivity contribution in [2.45, 2.75) is 6.10 Å². The van der Waals surface area contributed by atoms with E-state index in [0.29, 0.717) is 15.9 Å². The fraction of sp³-hybridized carbons (Fsp3) is 0.250. The molecule has 7 heteroatoms. The minimum atomic E-state index is -0.833. The number of aliphatic hydroxyl groups excluding tert-OH is 1. The smallest absolute Gasteiger partial charge is 0.154 e. The van der Waals surface area contributed by atoms with Gasteiger partial charge < -0.3 is 5.11 Å². The first-order chi connectivity index (χ1) is 7.20. The molecule has 2 aromatic heterocycles. The zero-order valence-electron chi connectivity index (χ0n) is 7.87. The van der Waals surface area contributed by atoms with E-state index >= 15 is 0 Å². The van der Waals surface area contributed by atoms with Gasteiger partial charge in [0.05, 0.1) is 0 Å². The predicted octanol–water partition coefficient (Wildman–Crippen LogP) is 0.449. The number of hydrogen-bond acceptors (Lipinski definition) is 5. The Balaban J connectivity index is 2.41. The van der Waals surface area contributed by atoms with Crippen molar-refractivity contribution in [2.24, 2.45) is 7.05 Å². The highest BCUT2D eigenvalue weighted by atomic mass is 79.9. The molecule has 0 spiro atoms. The van der Waals surface area contributed by atoms with Crippen LogP contribution in [0.1, 0.15) is 17.4 Å². The lowest BCUT2D eigenvalue weighted by Crippen LogP contribution is -2.07. The van der Waals surface area contributed by atoms with Gasteiger partial charge in [-0.15, -0.1) is 5.10 Å². The second-order valence-corrected chi connectivity index (χ2v) is 3.71. The van der Waals surface area contributed by atoms with Crippen LogP contribution in [0.2, 0.25) is 0 Å². The number of nitrogens with zero attached hydrogens (tertiary/aromatic N) is 5. The molecule has 0 aliphatic rings. The molecule has 0 saturated carbocycles. The first kappa shape index (κ1) is 10.2. The summed E-state index contributed by atoms with van der Waals surface area (Å²) in [4.78, 5) is 7.68. The van der Waals surface area contributed by atoms with E-state index in [1.165, 1.54) is 11.0 Å². The summed E-state index contributed by atoms with van der Waals surface area (Å²) in [5.74, 6) is 0. The van der Waals surface area contributed by atoms with Crippen molar-refractivity contribution in [3.05, 3.63) is 34.6 Å². The van der Waals surface area contributed by atoms with Gasteiger partial charge in [-0.3, -0.25) is 0 Å². The fourth-order valence-corrected chi connectivity index (χ4v) is 1.78. The third-order valence-electron chi connectivity index (χ3n) is 1.98. The second kappa shape index (κ2) is 4.03. The van der Waals surface area contributed by atoms with Gasteiger partial charge >= 0.3 is 0 Å². The third-order valence-corrected chi connectivity index (χ3v) is 2.55. The van der Waals surface area contributed by atoms with Crippen molar-refractivity contribution in [1.29, 1.82) is 0 Å². The van der Waals surface area contributed by atoms with Crippen LogP contribution < -0.4 is 0 Å². The molecule has 0 fully saturated rings. The maximum atomic E-state index is 10.0. The summed E-state index contributed by atoms with van der Waals surface area (Å²) in [7, 11) is 1.71. The van der Waals surface area contributed by atoms with Crippen LogP contribution in [0.3, 0.4) is 0 Å². The van der Waals surface area contributed by atoms with Gasteiger partial charge in [0.25, 0.3) is 0 Å². The monoisotopic (exact) mass is 269 g/mol. The summed E-state index contributed by atoms with van der Waals surface area (Å²) in [6.07, 6.45) is 3.68. The molecule has 2 heterocycles. The Morgan fingerprint density at radius 3 is 2.60 bits per heavy atom. The van der Waals surface area contributed by atoms with Crippen LogP contribution in [0.25, 0.3) is 0 Å². The predicted molar refractivity (Wildman–Crippen MR) is 54.8 cm³/mol. The summed E-state index contributed by atoms with van der Waals surface area (Å²) in [5.41, 5.74) is 1.17. The summed E-state index contributed by atoms with van der Waals surface area (Å²) < 4.78 is 2.02. The van der Waals surface area contributed by atoms with E-state index in [-0.39, 0.29) is 0 Å². The first-order valence-corrected chi connectivity index (χ1v) is 4.97. The van der Waals surface area contributed by atoms with Crippen molar-refractivity contribution in [1.82, 2.24) is 25.0 Å². The fourth-order valence-electron chi connectivity index (χ4n) is 1.24. The maximum absolute atomic E-state index is 10.0. The summed E-state index contributed by atoms with van der Waals surface area (Å²) >= 11 is 3.22. The van der Waals surface area contributed by atoms with Crippen LogP contribution in [0.4, 0.5) is 0 Å². The summed E-state index contributed by atoms with van der Waals surface area (Å²) in [5, 5.41) is 17.6. The average Bonchev–Trinajstić information content (AvgIpc) is 2.59. The summed E-state index contributed by atoms with van der Waals surface area (Å²) in [6, 6.07) is 0. The molecule has 0 aliphatic heterocycles. The molecule has 15 heavy (non-hydrogen) atoms. The van der Waals surface area contributed by atoms with Crippen LogP contribution in [-0.2, 0) is 7.05 Å². The van der Waals surface area contributed by atoms with Gasteiger partial charge in [0.15, 0.2) is 4.60 Å². The van der Waals surface area contributed by atoms with Crippen molar-refractivity contribution in [3.63, 3.8) is 0 Å². The van der Waals surface area contributed by atoms with Crippen molar-refractivity contribution in [3.8, 4) is 0 Å². The Morgan fingerprint density at radius 1 is 1.40 bits per heavy atom. The van der Waals surface area contributed by atoms with Crippen molar-refractivity contribution >= 4 is 15.9 Å². The highest BCUT2D eigenvalue weighted by molar-refractivity contribution is 9.10. The molecule has 0 amide bonds. The Kier molecular flexibility index (Phi) is 2.74. The Hall–Kier alpha value is -1.34. The van der Waals surface area contributed by atoms with Gasteiger partial charge in [0, 0.05) is 25.0 Å². The van der Waals surface area contributed by atoms with Crippen molar-refractivity contribution < 1.29 is 5.11 Å². The van der Waals surface area contributed by atoms with E-state index in [0.717, 1.165) is 0 Å². The minimum Gasteiger partial charge on any atom is -0.382 e. The van der Waals surface area contributed by atoms with Gasteiger partial charge in [-0.05, 0) is 15.9 Å². The highest BCUT2D eigenvalue weighted by Gasteiger charge is 2.19. The standard InChI is InChI=1S/C8H8BrN5O/c1-14-6(8(9)12-13-14)7(15)5-2-10-4-11-3-5/h2-4,7,15H,1H3. The lowest BCUT2D eigenvalue weighted by molar-refractivity contribution is 0.208. The molecule has 1 atom stereocenters. The minimum absolute atomic E-state index is 0.515. The number of aryl methyl sites for hydroxylation is 1. The molecule has 0 aromatic carbocycles. The SMILES string of the molecule is Cn1nnc(Br)c1C(O)c1cncnc1. The lowest BCUT2D eigenvalue weighted by Gasteiger charge is -2.09. The van der Waals surface area contributed by atoms with Crippen LogP contribution in [0.15, 0.2) is 23.3 Å². The van der Waals surface area contributed by atoms with Crippen molar-refractivity contribution in [2.75, 3.05) is 0 Å². The topological polar surface area (TPSA) is 76.7 Å². The molecule has 6 nitrogen and oxygen atoms in total. The van der Waals surface area contributed by atoms with Crippen LogP contribution in [-0.4, -0.2) is 30.1 Å². The molecular weight excluding hydrogens is 262 g/mol.